The predicted octanol–water partition coefficient (Wildman–Crippen LogP) is 4.22. The Morgan fingerprint density at radius 3 is 2.81 bits per heavy atom. The van der Waals surface area contributed by atoms with Gasteiger partial charge in [-0.25, -0.2) is 9.78 Å². The van der Waals surface area contributed by atoms with Crippen molar-refractivity contribution in [1.29, 1.82) is 0 Å². The summed E-state index contributed by atoms with van der Waals surface area (Å²) in [6.07, 6.45) is 3.29. The first kappa shape index (κ1) is 14.1. The van der Waals surface area contributed by atoms with Gasteiger partial charge in [-0.05, 0) is 44.2 Å². The summed E-state index contributed by atoms with van der Waals surface area (Å²) in [5.74, 6) is 0.715. The molecule has 110 valence electrons. The number of thiazole rings is 1. The zero-order valence-electron chi connectivity index (χ0n) is 12.3. The van der Waals surface area contributed by atoms with E-state index in [1.54, 1.807) is 11.3 Å². The van der Waals surface area contributed by atoms with Gasteiger partial charge < -0.3 is 5.32 Å². The molecular formula is C16H19N3OS. The number of rotatable bonds is 2. The molecule has 4 nitrogen and oxygen atoms in total. The lowest BCUT2D eigenvalue weighted by atomic mass is 9.93. The van der Waals surface area contributed by atoms with Gasteiger partial charge in [0.25, 0.3) is 0 Å². The van der Waals surface area contributed by atoms with Crippen molar-refractivity contribution in [3.8, 4) is 0 Å². The number of amides is 2. The Morgan fingerprint density at radius 2 is 2.05 bits per heavy atom. The molecule has 1 aliphatic carbocycles. The first-order chi connectivity index (χ1) is 10.1. The van der Waals surface area contributed by atoms with E-state index in [0.717, 1.165) is 24.2 Å². The number of aryl methyl sites for hydroxylation is 2. The average Bonchev–Trinajstić information content (AvgIpc) is 2.82. The van der Waals surface area contributed by atoms with E-state index < -0.39 is 0 Å². The highest BCUT2D eigenvalue weighted by atomic mass is 32.1. The molecular weight excluding hydrogens is 282 g/mol. The van der Waals surface area contributed by atoms with Crippen LogP contribution < -0.4 is 10.6 Å². The molecule has 5 heteroatoms. The number of nitrogens with one attached hydrogen (secondary N) is 2. The van der Waals surface area contributed by atoms with Crippen molar-refractivity contribution >= 4 is 28.2 Å². The van der Waals surface area contributed by atoms with E-state index in [1.165, 1.54) is 16.9 Å². The minimum absolute atomic E-state index is 0.238. The van der Waals surface area contributed by atoms with Crippen LogP contribution >= 0.6 is 11.3 Å². The Hall–Kier alpha value is -1.88. The Labute approximate surface area is 128 Å². The van der Waals surface area contributed by atoms with E-state index >= 15 is 0 Å². The molecule has 1 heterocycles. The van der Waals surface area contributed by atoms with Crippen LogP contribution in [0.5, 0.6) is 0 Å². The quantitative estimate of drug-likeness (QED) is 0.872. The summed E-state index contributed by atoms with van der Waals surface area (Å²) in [7, 11) is 0. The van der Waals surface area contributed by atoms with Crippen LogP contribution in [0.4, 0.5) is 15.6 Å². The van der Waals surface area contributed by atoms with Crippen molar-refractivity contribution in [3.05, 3.63) is 40.4 Å². The van der Waals surface area contributed by atoms with Gasteiger partial charge in [0.1, 0.15) is 0 Å². The van der Waals surface area contributed by atoms with Gasteiger partial charge in [0, 0.05) is 10.6 Å². The largest absolute Gasteiger partial charge is 0.325 e. The first-order valence-electron chi connectivity index (χ1n) is 7.23. The van der Waals surface area contributed by atoms with E-state index in [2.05, 4.69) is 22.5 Å². The van der Waals surface area contributed by atoms with Gasteiger partial charge in [-0.3, -0.25) is 5.32 Å². The molecule has 2 N–H and O–H groups in total. The molecule has 0 radical (unpaired) electrons. The number of urea groups is 1. The van der Waals surface area contributed by atoms with Gasteiger partial charge in [0.2, 0.25) is 0 Å². The zero-order chi connectivity index (χ0) is 14.8. The van der Waals surface area contributed by atoms with E-state index in [4.69, 9.17) is 0 Å². The summed E-state index contributed by atoms with van der Waals surface area (Å²) in [4.78, 5) is 17.8. The molecule has 0 fully saturated rings. The van der Waals surface area contributed by atoms with Gasteiger partial charge in [-0.2, -0.15) is 0 Å². The van der Waals surface area contributed by atoms with Gasteiger partial charge in [-0.15, -0.1) is 11.3 Å². The van der Waals surface area contributed by atoms with Crippen LogP contribution in [0, 0.1) is 12.8 Å². The number of anilines is 2. The fraction of sp³-hybridized carbons (Fsp3) is 0.375. The Bertz CT molecular complexity index is 648. The number of hydrogen-bond donors (Lipinski definition) is 2. The first-order valence-corrected chi connectivity index (χ1v) is 8.05. The summed E-state index contributed by atoms with van der Waals surface area (Å²) in [6.45, 7) is 4.28. The molecule has 2 aromatic rings. The molecule has 1 aromatic heterocycles. The summed E-state index contributed by atoms with van der Waals surface area (Å²) in [5, 5.41) is 6.35. The van der Waals surface area contributed by atoms with Crippen molar-refractivity contribution < 1.29 is 4.79 Å². The Kier molecular flexibility index (Phi) is 3.92. The molecule has 2 amide bonds. The molecule has 1 aromatic carbocycles. The summed E-state index contributed by atoms with van der Waals surface area (Å²) in [5.41, 5.74) is 3.11. The topological polar surface area (TPSA) is 54.0 Å². The van der Waals surface area contributed by atoms with Gasteiger partial charge in [0.15, 0.2) is 5.13 Å². The standard InChI is InChI=1S/C16H19N3OS/c1-10-3-6-12(7-4-10)17-15(20)19-16-18-13-8-5-11(2)9-14(13)21-16/h3-4,6-7,11H,5,8-9H2,1-2H3,(H2,17,18,19,20)/t11-/m0/s1. The number of hydrogen-bond acceptors (Lipinski definition) is 3. The lowest BCUT2D eigenvalue weighted by Crippen LogP contribution is -2.19. The van der Waals surface area contributed by atoms with Crippen LogP contribution in [0.3, 0.4) is 0 Å². The molecule has 1 aliphatic rings. The minimum Gasteiger partial charge on any atom is -0.308 e. The molecule has 0 saturated heterocycles. The van der Waals surface area contributed by atoms with Crippen molar-refractivity contribution in [2.45, 2.75) is 33.1 Å². The molecule has 21 heavy (non-hydrogen) atoms. The second-order valence-electron chi connectivity index (χ2n) is 5.68. The molecule has 3 rings (SSSR count). The number of nitrogens with zero attached hydrogens (tertiary/aromatic N) is 1. The number of carbonyl (C=O) groups is 1. The fourth-order valence-electron chi connectivity index (χ4n) is 2.49. The van der Waals surface area contributed by atoms with Gasteiger partial charge in [0.05, 0.1) is 5.69 Å². The second kappa shape index (κ2) is 5.85. The molecule has 1 atom stereocenters. The van der Waals surface area contributed by atoms with Crippen LogP contribution in [-0.2, 0) is 12.8 Å². The van der Waals surface area contributed by atoms with Crippen LogP contribution in [0.25, 0.3) is 0 Å². The maximum Gasteiger partial charge on any atom is 0.325 e. The van der Waals surface area contributed by atoms with Crippen molar-refractivity contribution in [1.82, 2.24) is 4.98 Å². The van der Waals surface area contributed by atoms with E-state index in [9.17, 15) is 4.79 Å². The summed E-state index contributed by atoms with van der Waals surface area (Å²) < 4.78 is 0. The number of aromatic nitrogens is 1. The highest BCUT2D eigenvalue weighted by molar-refractivity contribution is 7.15. The SMILES string of the molecule is Cc1ccc(NC(=O)Nc2nc3c(s2)C[C@@H](C)CC3)cc1. The predicted molar refractivity (Wildman–Crippen MR) is 87.1 cm³/mol. The molecule has 0 spiro atoms. The molecule has 0 bridgehead atoms. The normalized spacial score (nSPS) is 17.1. The highest BCUT2D eigenvalue weighted by Crippen LogP contribution is 2.32. The van der Waals surface area contributed by atoms with Crippen molar-refractivity contribution in [2.24, 2.45) is 5.92 Å². The smallest absolute Gasteiger partial charge is 0.308 e. The van der Waals surface area contributed by atoms with Crippen molar-refractivity contribution in [3.63, 3.8) is 0 Å². The summed E-state index contributed by atoms with van der Waals surface area (Å²) in [6, 6.07) is 7.49. The Balaban J connectivity index is 1.64. The third-order valence-corrected chi connectivity index (χ3v) is 4.75. The lowest BCUT2D eigenvalue weighted by Gasteiger charge is -2.15. The highest BCUT2D eigenvalue weighted by Gasteiger charge is 2.20. The third-order valence-electron chi connectivity index (χ3n) is 3.72. The summed E-state index contributed by atoms with van der Waals surface area (Å²) >= 11 is 1.60. The van der Waals surface area contributed by atoms with E-state index in [0.29, 0.717) is 11.0 Å². The van der Waals surface area contributed by atoms with Crippen LogP contribution in [-0.4, -0.2) is 11.0 Å². The lowest BCUT2D eigenvalue weighted by molar-refractivity contribution is 0.262. The van der Waals surface area contributed by atoms with E-state index in [1.807, 2.05) is 31.2 Å². The second-order valence-corrected chi connectivity index (χ2v) is 6.77. The van der Waals surface area contributed by atoms with Gasteiger partial charge >= 0.3 is 6.03 Å². The molecule has 0 unspecified atom stereocenters. The maximum absolute atomic E-state index is 12.0. The third kappa shape index (κ3) is 3.42. The van der Waals surface area contributed by atoms with Crippen LogP contribution in [0.15, 0.2) is 24.3 Å². The zero-order valence-corrected chi connectivity index (χ0v) is 13.1. The number of benzene rings is 1. The molecule has 0 saturated carbocycles. The monoisotopic (exact) mass is 301 g/mol. The van der Waals surface area contributed by atoms with Crippen LogP contribution in [0.2, 0.25) is 0 Å². The Morgan fingerprint density at radius 1 is 1.29 bits per heavy atom. The van der Waals surface area contributed by atoms with E-state index in [-0.39, 0.29) is 6.03 Å². The van der Waals surface area contributed by atoms with Crippen LogP contribution in [0.1, 0.15) is 29.5 Å². The minimum atomic E-state index is -0.238. The fourth-order valence-corrected chi connectivity index (χ4v) is 3.66. The number of fused-ring (bicyclic) bond motifs is 1. The average molecular weight is 301 g/mol. The van der Waals surface area contributed by atoms with Crippen molar-refractivity contribution in [2.75, 3.05) is 10.6 Å². The maximum atomic E-state index is 12.0. The molecule has 0 aliphatic heterocycles. The van der Waals surface area contributed by atoms with Gasteiger partial charge in [-0.1, -0.05) is 24.6 Å². The number of carbonyl (C=O) groups excluding carboxylic acids is 1.